The fraction of sp³-hybridized carbons (Fsp3) is 0.457. The largest absolute Gasteiger partial charge is 0.396 e. The molecule has 234 valence electrons. The molecule has 3 aromatic heterocycles. The fourth-order valence-corrected chi connectivity index (χ4v) is 6.00. The first-order chi connectivity index (χ1) is 21.3. The monoisotopic (exact) mass is 600 g/mol. The summed E-state index contributed by atoms with van der Waals surface area (Å²) in [7, 11) is 0. The molecule has 0 amide bonds. The van der Waals surface area contributed by atoms with Crippen LogP contribution >= 0.6 is 0 Å². The van der Waals surface area contributed by atoms with Crippen molar-refractivity contribution < 1.29 is 9.50 Å². The number of aliphatic hydroxyl groups is 1. The lowest BCUT2D eigenvalue weighted by Gasteiger charge is -2.40. The van der Waals surface area contributed by atoms with Gasteiger partial charge in [0, 0.05) is 91.7 Å². The maximum atomic E-state index is 14.8. The molecule has 1 atom stereocenters. The lowest BCUT2D eigenvalue weighted by atomic mass is 10.0. The SMILES string of the molecule is CCCO.Cc1ccc(N2CCC[C@H](N(Cc3ccnc(C)c3)Cc3cn(C4CC4)c4cc(CN)c(F)cc4c3=O)C2)cn1. The molecule has 0 spiro atoms. The van der Waals surface area contributed by atoms with E-state index >= 15 is 0 Å². The van der Waals surface area contributed by atoms with Crippen molar-refractivity contribution >= 4 is 16.6 Å². The van der Waals surface area contributed by atoms with E-state index in [9.17, 15) is 9.18 Å². The molecule has 1 saturated heterocycles. The Morgan fingerprint density at radius 3 is 2.50 bits per heavy atom. The molecular weight excluding hydrogens is 555 g/mol. The molecule has 4 aromatic rings. The second kappa shape index (κ2) is 14.4. The number of nitrogens with two attached hydrogens (primary N) is 1. The lowest BCUT2D eigenvalue weighted by Crippen LogP contribution is -2.48. The molecular formula is C35H45FN6O2. The van der Waals surface area contributed by atoms with Crippen molar-refractivity contribution in [2.24, 2.45) is 5.73 Å². The van der Waals surface area contributed by atoms with Crippen LogP contribution in [0.5, 0.6) is 0 Å². The number of aliphatic hydroxyl groups excluding tert-OH is 1. The van der Waals surface area contributed by atoms with Crippen LogP contribution in [0.2, 0.25) is 0 Å². The van der Waals surface area contributed by atoms with E-state index in [-0.39, 0.29) is 18.0 Å². The first-order valence-corrected chi connectivity index (χ1v) is 15.8. The molecule has 9 heteroatoms. The van der Waals surface area contributed by atoms with E-state index in [1.54, 1.807) is 6.07 Å². The molecule has 0 bridgehead atoms. The van der Waals surface area contributed by atoms with Crippen molar-refractivity contribution in [3.63, 3.8) is 0 Å². The minimum absolute atomic E-state index is 0.0966. The molecule has 2 aliphatic rings. The molecule has 44 heavy (non-hydrogen) atoms. The van der Waals surface area contributed by atoms with E-state index in [1.165, 1.54) is 11.6 Å². The van der Waals surface area contributed by atoms with E-state index in [2.05, 4.69) is 48.6 Å². The maximum Gasteiger partial charge on any atom is 0.193 e. The molecule has 1 saturated carbocycles. The molecule has 6 rings (SSSR count). The maximum absolute atomic E-state index is 14.8. The normalized spacial score (nSPS) is 16.7. The van der Waals surface area contributed by atoms with Gasteiger partial charge in [-0.1, -0.05) is 6.92 Å². The second-order valence-corrected chi connectivity index (χ2v) is 12.1. The van der Waals surface area contributed by atoms with Gasteiger partial charge in [-0.15, -0.1) is 0 Å². The number of piperidine rings is 1. The predicted molar refractivity (Wildman–Crippen MR) is 174 cm³/mol. The van der Waals surface area contributed by atoms with Gasteiger partial charge in [-0.25, -0.2) is 4.39 Å². The topological polar surface area (TPSA) is 101 Å². The Labute approximate surface area is 259 Å². The molecule has 1 aliphatic heterocycles. The molecule has 4 heterocycles. The minimum Gasteiger partial charge on any atom is -0.396 e. The van der Waals surface area contributed by atoms with Crippen molar-refractivity contribution in [3.05, 3.63) is 99.1 Å². The summed E-state index contributed by atoms with van der Waals surface area (Å²) < 4.78 is 17.0. The highest BCUT2D eigenvalue weighted by Gasteiger charge is 2.29. The third kappa shape index (κ3) is 7.52. The van der Waals surface area contributed by atoms with Crippen LogP contribution in [-0.2, 0) is 19.6 Å². The van der Waals surface area contributed by atoms with Gasteiger partial charge in [0.25, 0.3) is 0 Å². The van der Waals surface area contributed by atoms with Crippen LogP contribution in [0.4, 0.5) is 10.1 Å². The van der Waals surface area contributed by atoms with E-state index in [0.717, 1.165) is 67.8 Å². The summed E-state index contributed by atoms with van der Waals surface area (Å²) >= 11 is 0. The first kappa shape index (κ1) is 31.8. The van der Waals surface area contributed by atoms with Gasteiger partial charge in [0.2, 0.25) is 0 Å². The lowest BCUT2D eigenvalue weighted by molar-refractivity contribution is 0.158. The van der Waals surface area contributed by atoms with Gasteiger partial charge in [-0.3, -0.25) is 19.7 Å². The third-order valence-electron chi connectivity index (χ3n) is 8.55. The second-order valence-electron chi connectivity index (χ2n) is 12.1. The van der Waals surface area contributed by atoms with Crippen molar-refractivity contribution in [2.75, 3.05) is 24.6 Å². The highest BCUT2D eigenvalue weighted by molar-refractivity contribution is 5.81. The Morgan fingerprint density at radius 1 is 1.05 bits per heavy atom. The summed E-state index contributed by atoms with van der Waals surface area (Å²) in [5, 5.41) is 8.31. The van der Waals surface area contributed by atoms with Crippen LogP contribution in [0, 0.1) is 19.7 Å². The Bertz CT molecular complexity index is 1620. The molecule has 3 N–H and O–H groups in total. The van der Waals surface area contributed by atoms with Gasteiger partial charge in [-0.2, -0.15) is 0 Å². The van der Waals surface area contributed by atoms with Gasteiger partial charge in [0.05, 0.1) is 17.4 Å². The summed E-state index contributed by atoms with van der Waals surface area (Å²) in [6.45, 7) is 9.40. The summed E-state index contributed by atoms with van der Waals surface area (Å²) in [6.07, 6.45) is 10.9. The first-order valence-electron chi connectivity index (χ1n) is 15.8. The van der Waals surface area contributed by atoms with Gasteiger partial charge in [0.15, 0.2) is 5.43 Å². The highest BCUT2D eigenvalue weighted by atomic mass is 19.1. The smallest absolute Gasteiger partial charge is 0.193 e. The highest BCUT2D eigenvalue weighted by Crippen LogP contribution is 2.37. The number of anilines is 1. The molecule has 8 nitrogen and oxygen atoms in total. The minimum atomic E-state index is -0.412. The average molecular weight is 601 g/mol. The van der Waals surface area contributed by atoms with Crippen LogP contribution < -0.4 is 16.1 Å². The number of pyridine rings is 3. The number of halogens is 1. The average Bonchev–Trinajstić information content (AvgIpc) is 3.88. The Kier molecular flexibility index (Phi) is 10.4. The number of aromatic nitrogens is 3. The zero-order chi connectivity index (χ0) is 31.2. The number of hydrogen-bond acceptors (Lipinski definition) is 7. The number of fused-ring (bicyclic) bond motifs is 1. The Hall–Kier alpha value is -3.66. The van der Waals surface area contributed by atoms with E-state index in [1.807, 2.05) is 39.4 Å². The van der Waals surface area contributed by atoms with Crippen molar-refractivity contribution in [1.29, 1.82) is 0 Å². The van der Waals surface area contributed by atoms with E-state index in [0.29, 0.717) is 42.3 Å². The number of hydrogen-bond donors (Lipinski definition) is 2. The number of benzene rings is 1. The Balaban J connectivity index is 0.000000906. The van der Waals surface area contributed by atoms with E-state index < -0.39 is 5.82 Å². The van der Waals surface area contributed by atoms with Crippen molar-refractivity contribution in [2.45, 2.75) is 84.6 Å². The standard InChI is InChI=1S/C32H37FN6O.C3H8O/c1-21-5-6-27(16-36-21)37-11-3-4-28(20-37)38(17-23-9-10-35-22(2)12-23)18-25-19-39(26-7-8-26)31-13-24(15-34)30(33)14-29(31)32(25)40;1-2-3-4/h5-6,9-10,12-14,16,19,26,28H,3-4,7-8,11,15,17-18,20,34H2,1-2H3;4H,2-3H2,1H3/t28-;/m0./s1. The number of aryl methyl sites for hydroxylation is 2. The zero-order valence-corrected chi connectivity index (χ0v) is 26.2. The molecule has 1 aromatic carbocycles. The van der Waals surface area contributed by atoms with Gasteiger partial charge in [0.1, 0.15) is 5.82 Å². The number of rotatable bonds is 9. The van der Waals surface area contributed by atoms with Crippen molar-refractivity contribution in [1.82, 2.24) is 19.4 Å². The van der Waals surface area contributed by atoms with Crippen LogP contribution in [-0.4, -0.2) is 50.3 Å². The Morgan fingerprint density at radius 2 is 1.84 bits per heavy atom. The van der Waals surface area contributed by atoms with Crippen LogP contribution in [0.3, 0.4) is 0 Å². The summed E-state index contributed by atoms with van der Waals surface area (Å²) in [4.78, 5) is 27.6. The van der Waals surface area contributed by atoms with Gasteiger partial charge in [-0.05, 0) is 87.9 Å². The molecule has 2 fully saturated rings. The summed E-state index contributed by atoms with van der Waals surface area (Å²) in [5.41, 5.74) is 11.9. The van der Waals surface area contributed by atoms with Crippen LogP contribution in [0.25, 0.3) is 10.9 Å². The number of nitrogens with zero attached hydrogens (tertiary/aromatic N) is 5. The molecule has 0 radical (unpaired) electrons. The third-order valence-corrected chi connectivity index (χ3v) is 8.55. The molecule has 0 unspecified atom stereocenters. The predicted octanol–water partition coefficient (Wildman–Crippen LogP) is 5.40. The summed E-state index contributed by atoms with van der Waals surface area (Å²) in [5.74, 6) is -0.412. The quantitative estimate of drug-likeness (QED) is 0.265. The van der Waals surface area contributed by atoms with Crippen molar-refractivity contribution in [3.8, 4) is 0 Å². The van der Waals surface area contributed by atoms with Gasteiger partial charge < -0.3 is 20.3 Å². The fourth-order valence-electron chi connectivity index (χ4n) is 6.00. The zero-order valence-electron chi connectivity index (χ0n) is 26.2. The molecule has 1 aliphatic carbocycles. The van der Waals surface area contributed by atoms with Gasteiger partial charge >= 0.3 is 0 Å². The van der Waals surface area contributed by atoms with Crippen LogP contribution in [0.1, 0.15) is 73.1 Å². The summed E-state index contributed by atoms with van der Waals surface area (Å²) in [6, 6.07) is 12.1. The van der Waals surface area contributed by atoms with Crippen LogP contribution in [0.15, 0.2) is 59.8 Å². The van der Waals surface area contributed by atoms with E-state index in [4.69, 9.17) is 10.8 Å².